The molecule has 0 fully saturated rings. The first-order chi connectivity index (χ1) is 15.2. The Morgan fingerprint density at radius 1 is 1.03 bits per heavy atom. The third kappa shape index (κ3) is 7.15. The van der Waals surface area contributed by atoms with Crippen LogP contribution in [0.4, 0.5) is 15.6 Å². The van der Waals surface area contributed by atoms with Crippen LogP contribution in [-0.2, 0) is 27.7 Å². The first kappa shape index (κ1) is 23.4. The first-order valence-electron chi connectivity index (χ1n) is 9.66. The molecular formula is C21H23N5O4S2. The largest absolute Gasteiger partial charge is 0.355 e. The zero-order valence-corrected chi connectivity index (χ0v) is 18.9. The molecule has 0 bridgehead atoms. The number of carbonyl (C=O) groups is 2. The van der Waals surface area contributed by atoms with Gasteiger partial charge in [-0.25, -0.2) is 23.3 Å². The second-order valence-corrected chi connectivity index (χ2v) is 9.47. The maximum Gasteiger partial charge on any atom is 0.325 e. The zero-order chi connectivity index (χ0) is 23.1. The predicted octanol–water partition coefficient (Wildman–Crippen LogP) is 2.64. The van der Waals surface area contributed by atoms with E-state index in [1.54, 1.807) is 29.6 Å². The molecule has 32 heavy (non-hydrogen) atoms. The molecule has 0 radical (unpaired) electrons. The standard InChI is InChI=1S/C21H23N5O4S2/c1-14-2-6-16(7-3-14)24-20(28)26-21-25-17(13-31-21)12-19(27)23-11-10-15-4-8-18(9-5-15)32(22,29)30/h2-9,13H,10-12H2,1H3,(H,23,27)(H2,22,29,30)(H2,24,25,26,28). The van der Waals surface area contributed by atoms with E-state index in [4.69, 9.17) is 5.14 Å². The first-order valence-corrected chi connectivity index (χ1v) is 12.1. The summed E-state index contributed by atoms with van der Waals surface area (Å²) < 4.78 is 22.5. The molecule has 3 aromatic rings. The van der Waals surface area contributed by atoms with Crippen molar-refractivity contribution in [3.63, 3.8) is 0 Å². The molecule has 0 unspecified atom stereocenters. The number of aromatic nitrogens is 1. The number of nitrogens with zero attached hydrogens (tertiary/aromatic N) is 1. The minimum Gasteiger partial charge on any atom is -0.355 e. The summed E-state index contributed by atoms with van der Waals surface area (Å²) in [6.07, 6.45) is 0.627. The average molecular weight is 474 g/mol. The third-order valence-corrected chi connectivity index (χ3v) is 6.15. The highest BCUT2D eigenvalue weighted by Gasteiger charge is 2.11. The fourth-order valence-corrected chi connectivity index (χ4v) is 3.98. The molecule has 1 heterocycles. The van der Waals surface area contributed by atoms with Gasteiger partial charge >= 0.3 is 6.03 Å². The molecule has 5 N–H and O–H groups in total. The fraction of sp³-hybridized carbons (Fsp3) is 0.190. The van der Waals surface area contributed by atoms with Crippen molar-refractivity contribution >= 4 is 44.1 Å². The van der Waals surface area contributed by atoms with Crippen molar-refractivity contribution in [2.24, 2.45) is 5.14 Å². The molecule has 0 aliphatic carbocycles. The number of hydrogen-bond acceptors (Lipinski definition) is 6. The summed E-state index contributed by atoms with van der Waals surface area (Å²) in [5.41, 5.74) is 3.19. The summed E-state index contributed by atoms with van der Waals surface area (Å²) in [4.78, 5) is 28.5. The number of nitrogens with one attached hydrogen (secondary N) is 3. The number of urea groups is 1. The Kier molecular flexibility index (Phi) is 7.57. The second kappa shape index (κ2) is 10.4. The van der Waals surface area contributed by atoms with Crippen LogP contribution in [0.3, 0.4) is 0 Å². The van der Waals surface area contributed by atoms with Crippen LogP contribution in [0.5, 0.6) is 0 Å². The molecule has 168 valence electrons. The molecule has 0 atom stereocenters. The van der Waals surface area contributed by atoms with Crippen molar-refractivity contribution < 1.29 is 18.0 Å². The molecule has 0 saturated heterocycles. The van der Waals surface area contributed by atoms with Crippen molar-refractivity contribution in [1.82, 2.24) is 10.3 Å². The van der Waals surface area contributed by atoms with Gasteiger partial charge in [-0.05, 0) is 43.2 Å². The summed E-state index contributed by atoms with van der Waals surface area (Å²) in [6, 6.07) is 13.2. The maximum atomic E-state index is 12.1. The van der Waals surface area contributed by atoms with Gasteiger partial charge in [0.25, 0.3) is 0 Å². The molecule has 3 amide bonds. The Balaban J connectivity index is 1.42. The summed E-state index contributed by atoms with van der Waals surface area (Å²) in [7, 11) is -3.72. The van der Waals surface area contributed by atoms with Crippen LogP contribution in [0.2, 0.25) is 0 Å². The summed E-state index contributed by atoms with van der Waals surface area (Å²) >= 11 is 1.23. The minimum absolute atomic E-state index is 0.0470. The Morgan fingerprint density at radius 3 is 2.38 bits per heavy atom. The second-order valence-electron chi connectivity index (χ2n) is 7.05. The lowest BCUT2D eigenvalue weighted by Gasteiger charge is -2.06. The molecule has 11 heteroatoms. The lowest BCUT2D eigenvalue weighted by molar-refractivity contribution is -0.120. The number of sulfonamides is 1. The average Bonchev–Trinajstić information content (AvgIpc) is 3.16. The molecule has 1 aromatic heterocycles. The number of rotatable bonds is 8. The Labute approximate surface area is 190 Å². The molecule has 0 aliphatic heterocycles. The number of primary sulfonamides is 1. The molecular weight excluding hydrogens is 450 g/mol. The number of anilines is 2. The lowest BCUT2D eigenvalue weighted by Crippen LogP contribution is -2.27. The number of nitrogens with two attached hydrogens (primary N) is 1. The van der Waals surface area contributed by atoms with Gasteiger partial charge < -0.3 is 10.6 Å². The monoisotopic (exact) mass is 473 g/mol. The summed E-state index contributed by atoms with van der Waals surface area (Å²) in [5, 5.41) is 15.3. The predicted molar refractivity (Wildman–Crippen MR) is 124 cm³/mol. The number of benzene rings is 2. The van der Waals surface area contributed by atoms with E-state index in [2.05, 4.69) is 20.9 Å². The Bertz CT molecular complexity index is 1190. The normalized spacial score (nSPS) is 11.1. The highest BCUT2D eigenvalue weighted by atomic mass is 32.2. The van der Waals surface area contributed by atoms with E-state index < -0.39 is 16.1 Å². The van der Waals surface area contributed by atoms with Crippen molar-refractivity contribution in [3.8, 4) is 0 Å². The van der Waals surface area contributed by atoms with Gasteiger partial charge in [0.05, 0.1) is 17.0 Å². The van der Waals surface area contributed by atoms with Crippen LogP contribution in [0.15, 0.2) is 58.8 Å². The van der Waals surface area contributed by atoms with E-state index in [0.717, 1.165) is 11.1 Å². The van der Waals surface area contributed by atoms with E-state index >= 15 is 0 Å². The molecule has 3 rings (SSSR count). The Hall–Kier alpha value is -3.28. The molecule has 0 spiro atoms. The van der Waals surface area contributed by atoms with Gasteiger partial charge in [-0.2, -0.15) is 0 Å². The molecule has 0 aliphatic rings. The van der Waals surface area contributed by atoms with Crippen LogP contribution in [-0.4, -0.2) is 31.9 Å². The van der Waals surface area contributed by atoms with Crippen LogP contribution < -0.4 is 21.1 Å². The highest BCUT2D eigenvalue weighted by molar-refractivity contribution is 7.89. The number of carbonyl (C=O) groups excluding carboxylic acids is 2. The zero-order valence-electron chi connectivity index (χ0n) is 17.3. The quantitative estimate of drug-likeness (QED) is 0.398. The maximum absolute atomic E-state index is 12.1. The molecule has 0 saturated carbocycles. The van der Waals surface area contributed by atoms with Gasteiger partial charge in [-0.1, -0.05) is 29.8 Å². The van der Waals surface area contributed by atoms with E-state index in [0.29, 0.717) is 29.5 Å². The van der Waals surface area contributed by atoms with Gasteiger partial charge in [-0.3, -0.25) is 10.1 Å². The minimum atomic E-state index is -3.72. The van der Waals surface area contributed by atoms with Crippen molar-refractivity contribution in [2.45, 2.75) is 24.7 Å². The fourth-order valence-electron chi connectivity index (χ4n) is 2.76. The topological polar surface area (TPSA) is 143 Å². The molecule has 9 nitrogen and oxygen atoms in total. The molecule has 2 aromatic carbocycles. The number of amides is 3. The lowest BCUT2D eigenvalue weighted by atomic mass is 10.1. The SMILES string of the molecule is Cc1ccc(NC(=O)Nc2nc(CC(=O)NCCc3ccc(S(N)(=O)=O)cc3)cs2)cc1. The van der Waals surface area contributed by atoms with Crippen molar-refractivity contribution in [1.29, 1.82) is 0 Å². The van der Waals surface area contributed by atoms with Gasteiger partial charge in [0.15, 0.2) is 5.13 Å². The van der Waals surface area contributed by atoms with Gasteiger partial charge in [0.2, 0.25) is 15.9 Å². The van der Waals surface area contributed by atoms with E-state index in [1.165, 1.54) is 23.5 Å². The van der Waals surface area contributed by atoms with Crippen molar-refractivity contribution in [2.75, 3.05) is 17.2 Å². The summed E-state index contributed by atoms with van der Waals surface area (Å²) in [5.74, 6) is -0.202. The van der Waals surface area contributed by atoms with Gasteiger partial charge in [0.1, 0.15) is 0 Å². The van der Waals surface area contributed by atoms with Gasteiger partial charge in [0, 0.05) is 17.6 Å². The van der Waals surface area contributed by atoms with E-state index in [9.17, 15) is 18.0 Å². The van der Waals surface area contributed by atoms with Gasteiger partial charge in [-0.15, -0.1) is 11.3 Å². The smallest absolute Gasteiger partial charge is 0.325 e. The number of hydrogen-bond donors (Lipinski definition) is 4. The van der Waals surface area contributed by atoms with Crippen LogP contribution in [0, 0.1) is 6.92 Å². The van der Waals surface area contributed by atoms with Crippen LogP contribution in [0.25, 0.3) is 0 Å². The van der Waals surface area contributed by atoms with Crippen LogP contribution in [0.1, 0.15) is 16.8 Å². The van der Waals surface area contributed by atoms with E-state index in [-0.39, 0.29) is 17.2 Å². The van der Waals surface area contributed by atoms with Crippen LogP contribution >= 0.6 is 11.3 Å². The highest BCUT2D eigenvalue weighted by Crippen LogP contribution is 2.17. The summed E-state index contributed by atoms with van der Waals surface area (Å²) in [6.45, 7) is 2.35. The number of aryl methyl sites for hydroxylation is 1. The number of thiazole rings is 1. The third-order valence-electron chi connectivity index (χ3n) is 4.41. The Morgan fingerprint density at radius 2 is 1.72 bits per heavy atom. The van der Waals surface area contributed by atoms with E-state index in [1.807, 2.05) is 19.1 Å². The van der Waals surface area contributed by atoms with Crippen molar-refractivity contribution in [3.05, 3.63) is 70.7 Å².